The van der Waals surface area contributed by atoms with E-state index in [0.29, 0.717) is 31.4 Å². The highest BCUT2D eigenvalue weighted by Crippen LogP contribution is 2.52. The van der Waals surface area contributed by atoms with Gasteiger partial charge in [-0.2, -0.15) is 0 Å². The predicted octanol–water partition coefficient (Wildman–Crippen LogP) is 3.89. The smallest absolute Gasteiger partial charge is 0.337 e. The summed E-state index contributed by atoms with van der Waals surface area (Å²) in [4.78, 5) is 47.5. The average molecular weight is 625 g/mol. The van der Waals surface area contributed by atoms with Crippen molar-refractivity contribution in [3.8, 4) is 16.8 Å². The molecule has 2 aromatic carbocycles. The van der Waals surface area contributed by atoms with Gasteiger partial charge < -0.3 is 4.74 Å². The van der Waals surface area contributed by atoms with Crippen LogP contribution in [0.15, 0.2) is 70.4 Å². The van der Waals surface area contributed by atoms with Crippen molar-refractivity contribution in [3.05, 3.63) is 93.0 Å². The van der Waals surface area contributed by atoms with Gasteiger partial charge in [-0.15, -0.1) is 0 Å². The van der Waals surface area contributed by atoms with Crippen molar-refractivity contribution >= 4 is 16.9 Å². The van der Waals surface area contributed by atoms with Crippen LogP contribution in [0.5, 0.6) is 0 Å². The number of rotatable bonds is 6. The molecule has 4 aliphatic rings. The maximum Gasteiger partial charge on any atom is 0.337 e. The lowest BCUT2D eigenvalue weighted by molar-refractivity contribution is -0.207. The molecule has 10 nitrogen and oxygen atoms in total. The molecule has 1 amide bonds. The minimum atomic E-state index is -0.635. The van der Waals surface area contributed by atoms with E-state index >= 15 is 0 Å². The minimum absolute atomic E-state index is 0.0504. The Bertz CT molecular complexity index is 1940. The van der Waals surface area contributed by atoms with Crippen molar-refractivity contribution in [2.75, 3.05) is 33.4 Å². The Kier molecular flexibility index (Phi) is 7.15. The number of hydrogen-bond donors (Lipinski definition) is 0. The second kappa shape index (κ2) is 11.3. The molecule has 11 heteroatoms. The van der Waals surface area contributed by atoms with Gasteiger partial charge in [0.15, 0.2) is 5.65 Å². The number of ether oxygens (including phenoxy) is 1. The predicted molar refractivity (Wildman–Crippen MR) is 171 cm³/mol. The molecule has 0 radical (unpaired) electrons. The summed E-state index contributed by atoms with van der Waals surface area (Å²) in [5.74, 6) is -0.443. The highest BCUT2D eigenvalue weighted by molar-refractivity contribution is 5.94. The third-order valence-corrected chi connectivity index (χ3v) is 10.4. The average Bonchev–Trinajstić information content (AvgIpc) is 3.91. The molecule has 4 aromatic rings. The van der Waals surface area contributed by atoms with Crippen molar-refractivity contribution < 1.29 is 13.9 Å². The van der Waals surface area contributed by atoms with Crippen LogP contribution in [0, 0.1) is 5.82 Å². The largest absolute Gasteiger partial charge is 0.379 e. The van der Waals surface area contributed by atoms with Gasteiger partial charge in [0.1, 0.15) is 11.4 Å². The Balaban J connectivity index is 1.11. The van der Waals surface area contributed by atoms with Gasteiger partial charge in [0.25, 0.3) is 11.5 Å². The fourth-order valence-corrected chi connectivity index (χ4v) is 7.66. The van der Waals surface area contributed by atoms with Crippen molar-refractivity contribution in [3.63, 3.8) is 0 Å². The summed E-state index contributed by atoms with van der Waals surface area (Å²) in [6.45, 7) is 4.22. The molecule has 2 aliphatic carbocycles. The number of morpholine rings is 1. The Morgan fingerprint density at radius 1 is 0.913 bits per heavy atom. The molecule has 2 saturated carbocycles. The quantitative estimate of drug-likeness (QED) is 0.322. The van der Waals surface area contributed by atoms with Crippen LogP contribution in [-0.4, -0.2) is 79.9 Å². The van der Waals surface area contributed by atoms with E-state index in [4.69, 9.17) is 4.74 Å². The van der Waals surface area contributed by atoms with Crippen LogP contribution in [0.4, 0.5) is 4.39 Å². The Morgan fingerprint density at radius 3 is 2.33 bits per heavy atom. The van der Waals surface area contributed by atoms with Crippen LogP contribution < -0.4 is 11.2 Å². The zero-order chi connectivity index (χ0) is 31.6. The SMILES string of the molecule is CN1N([C@H]2CC[C@@H](n3c(=O)c4cc(F)cnc4n(-c4cccc(-c5ccc(CN6CCOCC6)cc5)c4)c3=O)CC2)C(=O)C12CC2. The molecule has 0 N–H and O–H groups in total. The lowest BCUT2D eigenvalue weighted by Crippen LogP contribution is -2.72. The molecule has 238 valence electrons. The molecule has 0 unspecified atom stereocenters. The molecule has 46 heavy (non-hydrogen) atoms. The van der Waals surface area contributed by atoms with E-state index in [2.05, 4.69) is 39.2 Å². The lowest BCUT2D eigenvalue weighted by Gasteiger charge is -2.53. The number of amides is 1. The summed E-state index contributed by atoms with van der Waals surface area (Å²) in [5.41, 5.74) is 2.49. The van der Waals surface area contributed by atoms with Crippen molar-refractivity contribution in [2.24, 2.45) is 0 Å². The summed E-state index contributed by atoms with van der Waals surface area (Å²) in [6.07, 6.45) is 5.35. The summed E-state index contributed by atoms with van der Waals surface area (Å²) < 4.78 is 22.7. The van der Waals surface area contributed by atoms with Gasteiger partial charge in [-0.3, -0.25) is 24.1 Å². The van der Waals surface area contributed by atoms with Crippen LogP contribution in [0.2, 0.25) is 0 Å². The summed E-state index contributed by atoms with van der Waals surface area (Å²) in [5, 5.41) is 4.01. The third kappa shape index (κ3) is 4.80. The number of fused-ring (bicyclic) bond motifs is 1. The normalized spacial score (nSPS) is 23.2. The van der Waals surface area contributed by atoms with Gasteiger partial charge in [0.05, 0.1) is 30.5 Å². The summed E-state index contributed by atoms with van der Waals surface area (Å²) in [7, 11) is 1.97. The van der Waals surface area contributed by atoms with Crippen LogP contribution in [0.25, 0.3) is 27.8 Å². The highest BCUT2D eigenvalue weighted by Gasteiger charge is 2.66. The van der Waals surface area contributed by atoms with E-state index in [9.17, 15) is 18.8 Å². The summed E-state index contributed by atoms with van der Waals surface area (Å²) in [6, 6.07) is 16.8. The minimum Gasteiger partial charge on any atom is -0.379 e. The number of hydrazine groups is 1. The van der Waals surface area contributed by atoms with E-state index in [-0.39, 0.29) is 34.6 Å². The van der Waals surface area contributed by atoms with Gasteiger partial charge >= 0.3 is 5.69 Å². The van der Waals surface area contributed by atoms with E-state index in [1.165, 1.54) is 20.8 Å². The number of likely N-dealkylation sites (N-methyl/N-ethyl adjacent to an activating group) is 1. The van der Waals surface area contributed by atoms with E-state index in [0.717, 1.165) is 63.0 Å². The molecule has 1 spiro atoms. The third-order valence-electron chi connectivity index (χ3n) is 10.4. The molecular formula is C35H37FN6O4. The first kappa shape index (κ1) is 29.2. The van der Waals surface area contributed by atoms with E-state index in [1.54, 1.807) is 0 Å². The molecule has 2 aromatic heterocycles. The number of hydrogen-bond acceptors (Lipinski definition) is 7. The van der Waals surface area contributed by atoms with E-state index in [1.807, 2.05) is 36.3 Å². The Hall–Kier alpha value is -4.19. The molecule has 0 bridgehead atoms. The molecular weight excluding hydrogens is 587 g/mol. The Morgan fingerprint density at radius 2 is 1.63 bits per heavy atom. The fourth-order valence-electron chi connectivity index (χ4n) is 7.66. The maximum absolute atomic E-state index is 14.5. The second-order valence-electron chi connectivity index (χ2n) is 13.1. The molecule has 0 atom stereocenters. The van der Waals surface area contributed by atoms with Crippen LogP contribution >= 0.6 is 0 Å². The molecule has 4 fully saturated rings. The first-order valence-corrected chi connectivity index (χ1v) is 16.2. The zero-order valence-electron chi connectivity index (χ0n) is 25.9. The topological polar surface area (TPSA) is 92.9 Å². The van der Waals surface area contributed by atoms with Crippen LogP contribution in [0.3, 0.4) is 0 Å². The first-order valence-electron chi connectivity index (χ1n) is 16.2. The zero-order valence-corrected chi connectivity index (χ0v) is 25.9. The fraction of sp³-hybridized carbons (Fsp3) is 0.429. The molecule has 4 heterocycles. The highest BCUT2D eigenvalue weighted by atomic mass is 19.1. The van der Waals surface area contributed by atoms with E-state index < -0.39 is 17.1 Å². The van der Waals surface area contributed by atoms with Gasteiger partial charge in [0, 0.05) is 38.8 Å². The van der Waals surface area contributed by atoms with Crippen molar-refractivity contribution in [2.45, 2.75) is 62.7 Å². The number of benzene rings is 2. The van der Waals surface area contributed by atoms with Crippen LogP contribution in [0.1, 0.15) is 50.1 Å². The van der Waals surface area contributed by atoms with Crippen LogP contribution in [-0.2, 0) is 16.1 Å². The number of carbonyl (C=O) groups excluding carboxylic acids is 1. The summed E-state index contributed by atoms with van der Waals surface area (Å²) >= 11 is 0. The second-order valence-corrected chi connectivity index (χ2v) is 13.1. The first-order chi connectivity index (χ1) is 22.3. The molecule has 2 aliphatic heterocycles. The van der Waals surface area contributed by atoms with Gasteiger partial charge in [-0.05, 0) is 73.4 Å². The standard InChI is InChI=1S/C35H37FN6O4/c1-38-35(13-14-35)33(44)42(38)28-11-9-27(10-12-28)41-32(43)30-20-26(36)21-37-31(30)40(34(41)45)29-4-2-3-25(19-29)24-7-5-23(6-8-24)22-39-15-17-46-18-16-39/h2-8,19-21,27-28H,9-18,22H2,1H3/t27-,28+. The van der Waals surface area contributed by atoms with Crippen molar-refractivity contribution in [1.82, 2.24) is 29.0 Å². The number of carbonyl (C=O) groups is 1. The van der Waals surface area contributed by atoms with Crippen molar-refractivity contribution in [1.29, 1.82) is 0 Å². The molecule has 8 rings (SSSR count). The number of aromatic nitrogens is 3. The van der Waals surface area contributed by atoms with Gasteiger partial charge in [-0.25, -0.2) is 23.7 Å². The lowest BCUT2D eigenvalue weighted by atomic mass is 9.89. The number of halogens is 1. The molecule has 2 saturated heterocycles. The monoisotopic (exact) mass is 624 g/mol. The van der Waals surface area contributed by atoms with Gasteiger partial charge in [0.2, 0.25) is 0 Å². The van der Waals surface area contributed by atoms with Gasteiger partial charge in [-0.1, -0.05) is 36.4 Å². The number of pyridine rings is 1. The Labute approximate surface area is 265 Å². The maximum atomic E-state index is 14.5. The number of nitrogens with zero attached hydrogens (tertiary/aromatic N) is 6.